The van der Waals surface area contributed by atoms with Crippen LogP contribution in [0.3, 0.4) is 0 Å². The monoisotopic (exact) mass is 665 g/mol. The maximum Gasteiger partial charge on any atom is 0.243 e. The number of amides is 2. The van der Waals surface area contributed by atoms with Crippen LogP contribution in [0.2, 0.25) is 15.1 Å². The summed E-state index contributed by atoms with van der Waals surface area (Å²) in [5.41, 5.74) is 2.82. The zero-order chi connectivity index (χ0) is 31.7. The van der Waals surface area contributed by atoms with Gasteiger partial charge >= 0.3 is 0 Å². The second kappa shape index (κ2) is 15.8. The van der Waals surface area contributed by atoms with Gasteiger partial charge in [-0.05, 0) is 67.6 Å². The third-order valence-electron chi connectivity index (χ3n) is 7.20. The Balaban J connectivity index is 1.93. The number of carbonyl (C=O) groups excluding carboxylic acids is 2. The summed E-state index contributed by atoms with van der Waals surface area (Å²) in [5, 5.41) is 4.18. The van der Waals surface area contributed by atoms with Crippen LogP contribution in [0.15, 0.2) is 66.7 Å². The molecule has 11 heteroatoms. The molecule has 0 saturated carbocycles. The number of halogens is 3. The van der Waals surface area contributed by atoms with Crippen molar-refractivity contribution in [1.82, 2.24) is 10.2 Å². The summed E-state index contributed by atoms with van der Waals surface area (Å²) >= 11 is 18.6. The van der Waals surface area contributed by atoms with E-state index in [2.05, 4.69) is 5.32 Å². The topological polar surface area (TPSA) is 86.8 Å². The maximum absolute atomic E-state index is 14.0. The fourth-order valence-corrected chi connectivity index (χ4v) is 6.17. The molecule has 43 heavy (non-hydrogen) atoms. The van der Waals surface area contributed by atoms with Crippen molar-refractivity contribution in [2.45, 2.75) is 65.1 Å². The lowest BCUT2D eigenvalue weighted by Gasteiger charge is -2.33. The summed E-state index contributed by atoms with van der Waals surface area (Å²) in [5.74, 6) is -0.554. The first-order valence-electron chi connectivity index (χ1n) is 14.1. The number of benzene rings is 3. The van der Waals surface area contributed by atoms with Gasteiger partial charge in [-0.25, -0.2) is 8.42 Å². The average Bonchev–Trinajstić information content (AvgIpc) is 2.96. The van der Waals surface area contributed by atoms with Crippen LogP contribution >= 0.6 is 34.8 Å². The van der Waals surface area contributed by atoms with Crippen molar-refractivity contribution in [3.63, 3.8) is 0 Å². The Hall–Kier alpha value is -2.78. The van der Waals surface area contributed by atoms with Crippen LogP contribution in [0.1, 0.15) is 49.8 Å². The highest BCUT2D eigenvalue weighted by atomic mass is 35.5. The van der Waals surface area contributed by atoms with Gasteiger partial charge in [-0.15, -0.1) is 0 Å². The smallest absolute Gasteiger partial charge is 0.243 e. The van der Waals surface area contributed by atoms with Crippen LogP contribution in [-0.4, -0.2) is 50.0 Å². The minimum atomic E-state index is -3.66. The summed E-state index contributed by atoms with van der Waals surface area (Å²) in [7, 11) is -3.66. The molecule has 232 valence electrons. The van der Waals surface area contributed by atoms with E-state index in [-0.39, 0.29) is 43.8 Å². The number of nitrogens with one attached hydrogen (secondary N) is 1. The highest BCUT2D eigenvalue weighted by Crippen LogP contribution is 2.28. The molecule has 3 aromatic carbocycles. The molecule has 2 amide bonds. The molecule has 0 aliphatic rings. The van der Waals surface area contributed by atoms with Crippen LogP contribution in [-0.2, 0) is 32.6 Å². The first-order chi connectivity index (χ1) is 20.3. The van der Waals surface area contributed by atoms with E-state index in [4.69, 9.17) is 34.8 Å². The predicted octanol–water partition coefficient (Wildman–Crippen LogP) is 7.06. The van der Waals surface area contributed by atoms with Gasteiger partial charge in [0.25, 0.3) is 0 Å². The number of sulfonamides is 1. The van der Waals surface area contributed by atoms with Crippen molar-refractivity contribution >= 4 is 62.3 Å². The van der Waals surface area contributed by atoms with Crippen LogP contribution in [0.25, 0.3) is 0 Å². The molecule has 3 rings (SSSR count). The van der Waals surface area contributed by atoms with Crippen molar-refractivity contribution in [2.75, 3.05) is 17.1 Å². The molecule has 7 nitrogen and oxygen atoms in total. The SMILES string of the molecule is CC[C@H](C)NC(=O)[C@H](Cc1ccccc1)N(Cc1ccc(Cl)c(Cl)c1)C(=O)CCCN(c1cc(Cl)ccc1C)S(C)(=O)=O. The lowest BCUT2D eigenvalue weighted by molar-refractivity contribution is -0.141. The Morgan fingerprint density at radius 2 is 1.63 bits per heavy atom. The van der Waals surface area contributed by atoms with Crippen LogP contribution < -0.4 is 9.62 Å². The molecule has 0 aliphatic carbocycles. The Morgan fingerprint density at radius 3 is 2.26 bits per heavy atom. The van der Waals surface area contributed by atoms with Crippen molar-refractivity contribution < 1.29 is 18.0 Å². The third-order valence-corrected chi connectivity index (χ3v) is 9.36. The minimum Gasteiger partial charge on any atom is -0.352 e. The summed E-state index contributed by atoms with van der Waals surface area (Å²) in [6.45, 7) is 5.88. The van der Waals surface area contributed by atoms with Gasteiger partial charge in [-0.1, -0.05) is 84.2 Å². The molecular weight excluding hydrogens is 629 g/mol. The molecule has 0 bridgehead atoms. The first-order valence-corrected chi connectivity index (χ1v) is 17.1. The Morgan fingerprint density at radius 1 is 0.930 bits per heavy atom. The normalized spacial score (nSPS) is 12.8. The molecule has 0 heterocycles. The van der Waals surface area contributed by atoms with Gasteiger partial charge < -0.3 is 10.2 Å². The summed E-state index contributed by atoms with van der Waals surface area (Å²) in [6.07, 6.45) is 2.39. The molecule has 0 unspecified atom stereocenters. The number of aryl methyl sites for hydroxylation is 1. The lowest BCUT2D eigenvalue weighted by Crippen LogP contribution is -2.52. The zero-order valence-corrected chi connectivity index (χ0v) is 27.9. The predicted molar refractivity (Wildman–Crippen MR) is 176 cm³/mol. The van der Waals surface area contributed by atoms with E-state index in [1.807, 2.05) is 44.2 Å². The van der Waals surface area contributed by atoms with E-state index in [1.54, 1.807) is 48.2 Å². The minimum absolute atomic E-state index is 0.00879. The van der Waals surface area contributed by atoms with Gasteiger partial charge in [-0.2, -0.15) is 0 Å². The molecule has 0 spiro atoms. The van der Waals surface area contributed by atoms with Crippen LogP contribution in [0, 0.1) is 6.92 Å². The molecule has 0 saturated heterocycles. The van der Waals surface area contributed by atoms with Gasteiger partial charge in [0, 0.05) is 37.0 Å². The number of rotatable bonds is 14. The zero-order valence-electron chi connectivity index (χ0n) is 24.8. The number of anilines is 1. The second-order valence-electron chi connectivity index (χ2n) is 10.7. The molecule has 2 atom stereocenters. The highest BCUT2D eigenvalue weighted by Gasteiger charge is 2.31. The van der Waals surface area contributed by atoms with Gasteiger partial charge in [0.1, 0.15) is 6.04 Å². The molecule has 0 aromatic heterocycles. The van der Waals surface area contributed by atoms with Gasteiger partial charge in [0.2, 0.25) is 21.8 Å². The highest BCUT2D eigenvalue weighted by molar-refractivity contribution is 7.92. The number of nitrogens with zero attached hydrogens (tertiary/aromatic N) is 2. The van der Waals surface area contributed by atoms with Gasteiger partial charge in [-0.3, -0.25) is 13.9 Å². The number of hydrogen-bond donors (Lipinski definition) is 1. The Bertz CT molecular complexity index is 1520. The Kier molecular flexibility index (Phi) is 12.8. The van der Waals surface area contributed by atoms with E-state index >= 15 is 0 Å². The average molecular weight is 667 g/mol. The summed E-state index contributed by atoms with van der Waals surface area (Å²) < 4.78 is 26.8. The van der Waals surface area contributed by atoms with E-state index in [0.717, 1.165) is 23.8 Å². The van der Waals surface area contributed by atoms with Crippen LogP contribution in [0.5, 0.6) is 0 Å². The molecule has 1 N–H and O–H groups in total. The second-order valence-corrected chi connectivity index (χ2v) is 13.8. The van der Waals surface area contributed by atoms with Gasteiger partial charge in [0.05, 0.1) is 22.0 Å². The molecule has 0 aliphatic heterocycles. The third kappa shape index (κ3) is 10.1. The Labute approximate surface area is 270 Å². The lowest BCUT2D eigenvalue weighted by atomic mass is 10.0. The van der Waals surface area contributed by atoms with E-state index < -0.39 is 16.1 Å². The first kappa shape index (κ1) is 34.7. The summed E-state index contributed by atoms with van der Waals surface area (Å²) in [6, 6.07) is 18.8. The molecular formula is C32H38Cl3N3O4S. The number of carbonyl (C=O) groups is 2. The van der Waals surface area contributed by atoms with Gasteiger partial charge in [0.15, 0.2) is 0 Å². The van der Waals surface area contributed by atoms with E-state index in [1.165, 1.54) is 4.31 Å². The van der Waals surface area contributed by atoms with Crippen molar-refractivity contribution in [3.05, 3.63) is 98.5 Å². The molecule has 3 aromatic rings. The largest absolute Gasteiger partial charge is 0.352 e. The van der Waals surface area contributed by atoms with Crippen LogP contribution in [0.4, 0.5) is 5.69 Å². The fraction of sp³-hybridized carbons (Fsp3) is 0.375. The molecule has 0 radical (unpaired) electrons. The van der Waals surface area contributed by atoms with Crippen molar-refractivity contribution in [2.24, 2.45) is 0 Å². The van der Waals surface area contributed by atoms with E-state index in [9.17, 15) is 18.0 Å². The number of hydrogen-bond acceptors (Lipinski definition) is 4. The van der Waals surface area contributed by atoms with E-state index in [0.29, 0.717) is 32.7 Å². The molecule has 0 fully saturated rings. The quantitative estimate of drug-likeness (QED) is 0.200. The van der Waals surface area contributed by atoms with Crippen molar-refractivity contribution in [1.29, 1.82) is 0 Å². The maximum atomic E-state index is 14.0. The standard InChI is InChI=1S/C32H38Cl3N3O4S/c1-5-23(3)36-32(40)30(19-24-10-7-6-8-11-24)37(21-25-14-16-27(34)28(35)18-25)31(39)12-9-17-38(43(4,41)42)29-20-26(33)15-13-22(29)2/h6-8,10-11,13-16,18,20,23,30H,5,9,12,17,19,21H2,1-4H3,(H,36,40)/t23-,30-/m0/s1. The van der Waals surface area contributed by atoms with Crippen molar-refractivity contribution in [3.8, 4) is 0 Å². The fourth-order valence-electron chi connectivity index (χ4n) is 4.66. The summed E-state index contributed by atoms with van der Waals surface area (Å²) in [4.78, 5) is 29.2.